The number of benzene rings is 1. The highest BCUT2D eigenvalue weighted by Gasteiger charge is 2.22. The number of nitrogens with two attached hydrogens (primary N) is 1. The fraction of sp³-hybridized carbons (Fsp3) is 0.647. The van der Waals surface area contributed by atoms with Crippen molar-refractivity contribution in [3.8, 4) is 0 Å². The maximum atomic E-state index is 6.05. The van der Waals surface area contributed by atoms with E-state index in [1.54, 1.807) is 0 Å². The summed E-state index contributed by atoms with van der Waals surface area (Å²) in [6.07, 6.45) is 4.45. The predicted octanol–water partition coefficient (Wildman–Crippen LogP) is 3.26. The molecule has 1 aliphatic heterocycles. The predicted molar refractivity (Wildman–Crippen MR) is 95.0 cm³/mol. The van der Waals surface area contributed by atoms with Gasteiger partial charge in [-0.15, -0.1) is 0 Å². The van der Waals surface area contributed by atoms with Crippen LogP contribution in [-0.2, 0) is 6.42 Å². The topological polar surface area (TPSA) is 32.5 Å². The molecule has 1 atom stereocenters. The van der Waals surface area contributed by atoms with Crippen LogP contribution in [0.3, 0.4) is 0 Å². The molecule has 118 valence electrons. The molecule has 1 saturated heterocycles. The van der Waals surface area contributed by atoms with Gasteiger partial charge in [-0.25, -0.2) is 0 Å². The molecule has 0 amide bonds. The van der Waals surface area contributed by atoms with E-state index in [4.69, 9.17) is 5.73 Å². The van der Waals surface area contributed by atoms with Crippen LogP contribution in [-0.4, -0.2) is 44.2 Å². The minimum absolute atomic E-state index is 0.259. The summed E-state index contributed by atoms with van der Waals surface area (Å²) in [5.41, 5.74) is 8.66. The zero-order valence-corrected chi connectivity index (χ0v) is 15.1. The molecule has 0 aliphatic carbocycles. The lowest BCUT2D eigenvalue weighted by atomic mass is 10.0. The first-order valence-corrected chi connectivity index (χ1v) is 8.76. The smallest absolute Gasteiger partial charge is 0.0510 e. The van der Waals surface area contributed by atoms with E-state index in [1.165, 1.54) is 41.7 Å². The van der Waals surface area contributed by atoms with E-state index in [1.807, 2.05) is 0 Å². The molecule has 2 rings (SSSR count). The van der Waals surface area contributed by atoms with E-state index in [9.17, 15) is 0 Å². The van der Waals surface area contributed by atoms with E-state index in [0.29, 0.717) is 6.04 Å². The van der Waals surface area contributed by atoms with Gasteiger partial charge in [-0.3, -0.25) is 0 Å². The summed E-state index contributed by atoms with van der Waals surface area (Å²) in [4.78, 5) is 4.84. The summed E-state index contributed by atoms with van der Waals surface area (Å²) >= 11 is 3.75. The average Bonchev–Trinajstić information content (AvgIpc) is 2.47. The molecule has 1 fully saturated rings. The van der Waals surface area contributed by atoms with Gasteiger partial charge in [0.1, 0.15) is 0 Å². The minimum Gasteiger partial charge on any atom is -0.371 e. The number of hydrogen-bond donors (Lipinski definition) is 1. The van der Waals surface area contributed by atoms with Gasteiger partial charge in [0.15, 0.2) is 0 Å². The molecular formula is C17H28BrN3. The summed E-state index contributed by atoms with van der Waals surface area (Å²) < 4.78 is 1.18. The van der Waals surface area contributed by atoms with Gasteiger partial charge >= 0.3 is 0 Å². The summed E-state index contributed by atoms with van der Waals surface area (Å²) in [6.45, 7) is 4.52. The fourth-order valence-corrected chi connectivity index (χ4v) is 3.70. The van der Waals surface area contributed by atoms with Crippen LogP contribution in [0.1, 0.15) is 31.7 Å². The highest BCUT2D eigenvalue weighted by atomic mass is 79.9. The van der Waals surface area contributed by atoms with Crippen LogP contribution < -0.4 is 10.6 Å². The van der Waals surface area contributed by atoms with Crippen molar-refractivity contribution < 1.29 is 0 Å². The second-order valence-electron chi connectivity index (χ2n) is 6.30. The molecule has 3 nitrogen and oxygen atoms in total. The van der Waals surface area contributed by atoms with Crippen molar-refractivity contribution in [2.24, 2.45) is 5.73 Å². The maximum Gasteiger partial charge on any atom is 0.0510 e. The van der Waals surface area contributed by atoms with Crippen LogP contribution in [0.25, 0.3) is 0 Å². The Morgan fingerprint density at radius 2 is 2.05 bits per heavy atom. The molecule has 1 aromatic rings. The van der Waals surface area contributed by atoms with E-state index >= 15 is 0 Å². The molecule has 0 saturated carbocycles. The lowest BCUT2D eigenvalue weighted by Gasteiger charge is -2.37. The van der Waals surface area contributed by atoms with Gasteiger partial charge in [0.2, 0.25) is 0 Å². The number of likely N-dealkylation sites (tertiary alicyclic amines) is 1. The van der Waals surface area contributed by atoms with Gasteiger partial charge in [0.05, 0.1) is 5.69 Å². The summed E-state index contributed by atoms with van der Waals surface area (Å²) in [6, 6.07) is 7.59. The Hall–Kier alpha value is -0.580. The monoisotopic (exact) mass is 353 g/mol. The SMILES string of the molecule is CCC(N)Cc1ccc(N(C)C2CCN(C)CC2)c(Br)c1. The molecule has 0 bridgehead atoms. The first-order valence-electron chi connectivity index (χ1n) is 7.96. The number of anilines is 1. The van der Waals surface area contributed by atoms with Crippen molar-refractivity contribution in [3.05, 3.63) is 28.2 Å². The zero-order chi connectivity index (χ0) is 15.4. The van der Waals surface area contributed by atoms with Crippen LogP contribution >= 0.6 is 15.9 Å². The van der Waals surface area contributed by atoms with Crippen LogP contribution in [0.5, 0.6) is 0 Å². The molecule has 21 heavy (non-hydrogen) atoms. The molecule has 1 unspecified atom stereocenters. The van der Waals surface area contributed by atoms with Gasteiger partial charge in [0, 0.05) is 23.6 Å². The van der Waals surface area contributed by atoms with E-state index in [2.05, 4.69) is 64.9 Å². The number of hydrogen-bond acceptors (Lipinski definition) is 3. The summed E-state index contributed by atoms with van der Waals surface area (Å²) in [5.74, 6) is 0. The van der Waals surface area contributed by atoms with Crippen molar-refractivity contribution in [3.63, 3.8) is 0 Å². The van der Waals surface area contributed by atoms with Gasteiger partial charge < -0.3 is 15.5 Å². The van der Waals surface area contributed by atoms with E-state index in [-0.39, 0.29) is 6.04 Å². The van der Waals surface area contributed by atoms with Gasteiger partial charge in [0.25, 0.3) is 0 Å². The summed E-state index contributed by atoms with van der Waals surface area (Å²) in [7, 11) is 4.42. The van der Waals surface area contributed by atoms with Crippen molar-refractivity contribution in [2.45, 2.75) is 44.7 Å². The Balaban J connectivity index is 2.06. The van der Waals surface area contributed by atoms with Crippen molar-refractivity contribution in [1.82, 2.24) is 4.90 Å². The number of rotatable bonds is 5. The highest BCUT2D eigenvalue weighted by Crippen LogP contribution is 2.30. The van der Waals surface area contributed by atoms with Crippen LogP contribution in [0.4, 0.5) is 5.69 Å². The molecule has 0 aromatic heterocycles. The first kappa shape index (κ1) is 16.8. The Morgan fingerprint density at radius 1 is 1.38 bits per heavy atom. The molecule has 1 aromatic carbocycles. The molecule has 2 N–H and O–H groups in total. The third kappa shape index (κ3) is 4.44. The third-order valence-electron chi connectivity index (χ3n) is 4.65. The molecule has 4 heteroatoms. The van der Waals surface area contributed by atoms with E-state index in [0.717, 1.165) is 12.8 Å². The molecule has 1 aliphatic rings. The van der Waals surface area contributed by atoms with Crippen molar-refractivity contribution >= 4 is 21.6 Å². The largest absolute Gasteiger partial charge is 0.371 e. The quantitative estimate of drug-likeness (QED) is 0.881. The maximum absolute atomic E-state index is 6.05. The standard InChI is InChI=1S/C17H28BrN3/c1-4-14(19)11-13-5-6-17(16(18)12-13)21(3)15-7-9-20(2)10-8-15/h5-6,12,14-15H,4,7-11,19H2,1-3H3. The number of piperidine rings is 1. The Labute approximate surface area is 137 Å². The second kappa shape index (κ2) is 7.61. The number of halogens is 1. The Kier molecular flexibility index (Phi) is 6.08. The third-order valence-corrected chi connectivity index (χ3v) is 5.29. The highest BCUT2D eigenvalue weighted by molar-refractivity contribution is 9.10. The number of nitrogens with zero attached hydrogens (tertiary/aromatic N) is 2. The van der Waals surface area contributed by atoms with Gasteiger partial charge in [-0.1, -0.05) is 13.0 Å². The molecular weight excluding hydrogens is 326 g/mol. The Bertz CT molecular complexity index is 455. The zero-order valence-electron chi connectivity index (χ0n) is 13.5. The Morgan fingerprint density at radius 3 is 2.62 bits per heavy atom. The summed E-state index contributed by atoms with van der Waals surface area (Å²) in [5, 5.41) is 0. The fourth-order valence-electron chi connectivity index (χ4n) is 2.99. The average molecular weight is 354 g/mol. The first-order chi connectivity index (χ1) is 10.0. The molecule has 0 radical (unpaired) electrons. The molecule has 0 spiro atoms. The van der Waals surface area contributed by atoms with Gasteiger partial charge in [-0.05, 0) is 79.4 Å². The minimum atomic E-state index is 0.259. The van der Waals surface area contributed by atoms with Crippen molar-refractivity contribution in [2.75, 3.05) is 32.1 Å². The van der Waals surface area contributed by atoms with Gasteiger partial charge in [-0.2, -0.15) is 0 Å². The second-order valence-corrected chi connectivity index (χ2v) is 7.16. The lowest BCUT2D eigenvalue weighted by Crippen LogP contribution is -2.42. The van der Waals surface area contributed by atoms with Crippen LogP contribution in [0.15, 0.2) is 22.7 Å². The molecule has 1 heterocycles. The normalized spacial score (nSPS) is 18.7. The lowest BCUT2D eigenvalue weighted by molar-refractivity contribution is 0.253. The van der Waals surface area contributed by atoms with Crippen LogP contribution in [0.2, 0.25) is 0 Å². The van der Waals surface area contributed by atoms with E-state index < -0.39 is 0 Å². The van der Waals surface area contributed by atoms with Crippen molar-refractivity contribution in [1.29, 1.82) is 0 Å². The van der Waals surface area contributed by atoms with Crippen LogP contribution in [0, 0.1) is 0 Å².